The number of aliphatic hydroxyl groups is 3. The molecule has 0 unspecified atom stereocenters. The van der Waals surface area contributed by atoms with Gasteiger partial charge in [-0.2, -0.15) is 25.3 Å². The molecular formula is C88H101N9O40S3. The van der Waals surface area contributed by atoms with Crippen molar-refractivity contribution >= 4 is 49.1 Å². The van der Waals surface area contributed by atoms with Crippen molar-refractivity contribution in [3.8, 4) is 0 Å². The number of ether oxygens (including phenoxy) is 19. The Balaban J connectivity index is 0.866. The van der Waals surface area contributed by atoms with Crippen LogP contribution in [0.4, 0.5) is 0 Å². The molecule has 6 aliphatic rings. The van der Waals surface area contributed by atoms with Crippen molar-refractivity contribution in [1.82, 2.24) is 0 Å². The number of aliphatic carboxylic acids is 3. The molecule has 6 fully saturated rings. The van der Waals surface area contributed by atoms with E-state index < -0.39 is 286 Å². The third kappa shape index (κ3) is 29.4. The number of nitrogens with zero attached hydrogens (tertiary/aromatic N) is 9. The van der Waals surface area contributed by atoms with Gasteiger partial charge in [-0.1, -0.05) is 228 Å². The summed E-state index contributed by atoms with van der Waals surface area (Å²) in [7, 11) is -16.6. The molecule has 756 valence electrons. The molecule has 9 N–H and O–H groups in total. The van der Waals surface area contributed by atoms with Crippen LogP contribution in [0, 0.1) is 0 Å². The lowest BCUT2D eigenvalue weighted by Gasteiger charge is -2.51. The van der Waals surface area contributed by atoms with E-state index in [9.17, 15) is 101 Å². The molecule has 0 spiro atoms. The fourth-order valence-corrected chi connectivity index (χ4v) is 17.3. The van der Waals surface area contributed by atoms with Gasteiger partial charge in [-0.05, 0) is 69.4 Å². The highest BCUT2D eigenvalue weighted by molar-refractivity contribution is 7.81. The number of rotatable bonds is 48. The van der Waals surface area contributed by atoms with Crippen LogP contribution < -0.4 is 0 Å². The first-order valence-corrected chi connectivity index (χ1v) is 47.5. The quantitative estimate of drug-likeness (QED) is 0.00837. The molecule has 30 atom stereocenters. The minimum absolute atomic E-state index is 0.254. The van der Waals surface area contributed by atoms with Gasteiger partial charge in [-0.3, -0.25) is 13.7 Å². The molecule has 7 aromatic carbocycles. The van der Waals surface area contributed by atoms with E-state index >= 15 is 0 Å². The molecule has 6 saturated heterocycles. The Labute approximate surface area is 799 Å². The maximum atomic E-state index is 14.5. The van der Waals surface area contributed by atoms with Gasteiger partial charge < -0.3 is 121 Å². The van der Waals surface area contributed by atoms with E-state index in [1.165, 1.54) is 24.3 Å². The fraction of sp³-hybridized carbons (Fsp3) is 0.489. The largest absolute Gasteiger partial charge is 0.479 e. The zero-order valence-electron chi connectivity index (χ0n) is 74.1. The van der Waals surface area contributed by atoms with Crippen LogP contribution in [-0.4, -0.2) is 297 Å². The number of aliphatic hydroxyl groups excluding tert-OH is 3. The summed E-state index contributed by atoms with van der Waals surface area (Å²) in [5, 5.41) is 84.5. The number of azide groups is 3. The van der Waals surface area contributed by atoms with Crippen molar-refractivity contribution in [2.24, 2.45) is 15.3 Å². The second-order valence-electron chi connectivity index (χ2n) is 32.6. The van der Waals surface area contributed by atoms with Gasteiger partial charge in [0.25, 0.3) is 0 Å². The molecule has 49 nitrogen and oxygen atoms in total. The van der Waals surface area contributed by atoms with E-state index in [1.807, 2.05) is 0 Å². The van der Waals surface area contributed by atoms with Gasteiger partial charge in [0.1, 0.15) is 128 Å². The predicted octanol–water partition coefficient (Wildman–Crippen LogP) is 6.62. The number of carboxylic acid groups (broad SMARTS) is 3. The summed E-state index contributed by atoms with van der Waals surface area (Å²) in [5.74, 6) is -5.70. The molecule has 0 radical (unpaired) electrons. The van der Waals surface area contributed by atoms with Crippen LogP contribution in [0.5, 0.6) is 0 Å². The van der Waals surface area contributed by atoms with Crippen molar-refractivity contribution < 1.29 is 186 Å². The van der Waals surface area contributed by atoms with E-state index in [0.717, 1.165) is 0 Å². The van der Waals surface area contributed by atoms with Crippen molar-refractivity contribution in [2.75, 3.05) is 19.8 Å². The molecule has 0 saturated carbocycles. The highest BCUT2D eigenvalue weighted by Crippen LogP contribution is 2.43. The Morgan fingerprint density at radius 1 is 0.307 bits per heavy atom. The van der Waals surface area contributed by atoms with Crippen LogP contribution >= 0.6 is 0 Å². The van der Waals surface area contributed by atoms with E-state index in [-0.39, 0.29) is 19.8 Å². The van der Waals surface area contributed by atoms with Gasteiger partial charge in [0.15, 0.2) is 56.1 Å². The lowest BCUT2D eigenvalue weighted by atomic mass is 9.93. The van der Waals surface area contributed by atoms with Crippen LogP contribution in [0.2, 0.25) is 0 Å². The minimum atomic E-state index is -5.66. The lowest BCUT2D eigenvalue weighted by molar-refractivity contribution is -0.384. The third-order valence-electron chi connectivity index (χ3n) is 22.7. The summed E-state index contributed by atoms with van der Waals surface area (Å²) in [4.78, 5) is 51.4. The van der Waals surface area contributed by atoms with Gasteiger partial charge in [0.05, 0.1) is 72.2 Å². The second kappa shape index (κ2) is 50.5. The Morgan fingerprint density at radius 2 is 0.514 bits per heavy atom. The topological polar surface area (TPSA) is 685 Å². The Morgan fingerprint density at radius 3 is 0.743 bits per heavy atom. The van der Waals surface area contributed by atoms with Crippen molar-refractivity contribution in [3.05, 3.63) is 283 Å². The summed E-state index contributed by atoms with van der Waals surface area (Å²) in [6, 6.07) is 50.6. The SMILES string of the molecule is CC(C)O[C@@H]1O[C@@H](C(=O)O)[C@@H](O[C@H]2O[C@H](COS(=O)(=O)O)[C@@H](O[C@@H]3O[C@@H](C(=O)O)[C@@H](O[C@H]4O[C@H](COS(=O)(=O)O)[C@@H](O[C@@H]5O[C@@H](C(=O)O)[C@@H](O[C@H]6O[C@H](COS(=O)(=O)O)[C@@H](OCc7ccccc7)[C@H](OCc7ccccc7)[C@H]6N=[N+]=[N-])[C@H](OCc6ccccc6)[C@H]5O)[C@H](OCc5ccccc5)[C@H]4N=[N+]=[N-])[C@H](OCc4ccccc4)[C@H]3O)[C@H](OCc3ccccc3)[C@H]2N=[N+]=[N-])[C@H](OCc2ccccc2)[C@H]1O. The molecule has 52 heteroatoms. The zero-order valence-corrected chi connectivity index (χ0v) is 76.6. The van der Waals surface area contributed by atoms with E-state index in [0.29, 0.717) is 38.9 Å². The molecule has 0 amide bonds. The Kier molecular flexibility index (Phi) is 38.6. The van der Waals surface area contributed by atoms with Crippen LogP contribution in [0.25, 0.3) is 31.3 Å². The first-order chi connectivity index (χ1) is 67.2. The smallest absolute Gasteiger partial charge is 0.397 e. The highest BCUT2D eigenvalue weighted by Gasteiger charge is 2.62. The molecule has 0 aliphatic carbocycles. The number of hydrogen-bond acceptors (Lipinski definition) is 37. The van der Waals surface area contributed by atoms with Crippen molar-refractivity contribution in [2.45, 2.75) is 250 Å². The van der Waals surface area contributed by atoms with Crippen LogP contribution in [0.15, 0.2) is 228 Å². The van der Waals surface area contributed by atoms with Gasteiger partial charge >= 0.3 is 49.1 Å². The summed E-state index contributed by atoms with van der Waals surface area (Å²) >= 11 is 0. The normalized spacial score (nSPS) is 31.6. The maximum absolute atomic E-state index is 14.5. The summed E-state index contributed by atoms with van der Waals surface area (Å²) in [6.07, 6.45) is -59.0. The highest BCUT2D eigenvalue weighted by atomic mass is 32.3. The maximum Gasteiger partial charge on any atom is 0.397 e. The number of hydrogen-bond donors (Lipinski definition) is 9. The average molecular weight is 2020 g/mol. The molecule has 6 heterocycles. The van der Waals surface area contributed by atoms with Crippen molar-refractivity contribution in [3.63, 3.8) is 0 Å². The van der Waals surface area contributed by atoms with E-state index in [2.05, 4.69) is 30.1 Å². The molecule has 0 aromatic heterocycles. The van der Waals surface area contributed by atoms with Crippen LogP contribution in [0.3, 0.4) is 0 Å². The summed E-state index contributed by atoms with van der Waals surface area (Å²) < 4.78 is 244. The Bertz CT molecular complexity index is 5640. The number of carbonyl (C=O) groups is 3. The summed E-state index contributed by atoms with van der Waals surface area (Å²) in [5.41, 5.74) is 34.7. The van der Waals surface area contributed by atoms with Crippen LogP contribution in [0.1, 0.15) is 52.8 Å². The third-order valence-corrected chi connectivity index (χ3v) is 24.0. The zero-order chi connectivity index (χ0) is 99.8. The first-order valence-electron chi connectivity index (χ1n) is 43.4. The second-order valence-corrected chi connectivity index (χ2v) is 35.9. The average Bonchev–Trinajstić information content (AvgIpc) is 0.750. The Hall–Kier alpha value is -10.4. The fourth-order valence-electron chi connectivity index (χ4n) is 16.4. The molecule has 6 aliphatic heterocycles. The van der Waals surface area contributed by atoms with Gasteiger partial charge in [-0.15, -0.1) is 0 Å². The molecular weight excluding hydrogens is 1920 g/mol. The summed E-state index contributed by atoms with van der Waals surface area (Å²) in [6.45, 7) is -3.91. The minimum Gasteiger partial charge on any atom is -0.479 e. The van der Waals surface area contributed by atoms with Crippen molar-refractivity contribution in [1.29, 1.82) is 0 Å². The standard InChI is InChI=1S/C88H101N9O40S3/c1-48(2)126-86-62(98)71(120-42-53-32-18-7-19-33-53)74(77(135-86)80(101)102)133-84-60(93-96-90)69(118-40-51-28-14-5-15-29-51)66(57(128-84)46-124-139(110,111)112)131-88-64(100)73(122-44-55-36-22-9-23-37-55)76(79(137-88)82(105)106)134-85-61(94-97-91)70(119-41-52-30-16-6-17-31-52)67(58(129-85)47-125-140(113,114)115)130-87-63(99)72(121-43-54-34-20-8-21-35-54)75(78(136-87)81(103)104)132-83-59(92-95-89)68(117-39-50-26-12-4-13-27-50)65(56(127-83)45-123-138(107,108)109)116-38-49-24-10-3-11-25-49/h3-37,48,56-79,83-88,98-100H,38-47H2,1-2H3,(H,101,102)(H,103,104)(H,105,106)(H,107,108,109)(H,110,111,112)(H,113,114,115)/t56-,57-,58-,59-,60-,61-,62-,63-,64-,65-,66-,67-,68-,69-,70-,71-,72-,73-,74+,75+,76+,77-,78-,79-,83-,84-,85-,86-,87-,88-/m1/s1. The van der Waals surface area contributed by atoms with E-state index in [4.69, 9.17) is 103 Å². The molecule has 13 rings (SSSR count). The molecule has 0 bridgehead atoms. The first kappa shape index (κ1) is 107. The number of carboxylic acids is 3. The van der Waals surface area contributed by atoms with Gasteiger partial charge in [0, 0.05) is 14.7 Å². The van der Waals surface area contributed by atoms with Gasteiger partial charge in [-0.25, -0.2) is 26.9 Å². The predicted molar refractivity (Wildman–Crippen MR) is 470 cm³/mol. The monoisotopic (exact) mass is 2020 g/mol. The number of benzene rings is 7. The van der Waals surface area contributed by atoms with Crippen LogP contribution in [-0.2, 0) is 194 Å². The van der Waals surface area contributed by atoms with Gasteiger partial charge in [0.2, 0.25) is 0 Å². The molecule has 140 heavy (non-hydrogen) atoms. The lowest BCUT2D eigenvalue weighted by Crippen LogP contribution is -2.69. The van der Waals surface area contributed by atoms with E-state index in [1.54, 1.807) is 202 Å². The molecule has 7 aromatic rings.